The second-order valence-electron chi connectivity index (χ2n) is 6.93. The fraction of sp³-hybridized carbons (Fsp3) is 0.227. The Labute approximate surface area is 176 Å². The highest BCUT2D eigenvalue weighted by Gasteiger charge is 2.46. The molecule has 2 aromatic carbocycles. The van der Waals surface area contributed by atoms with E-state index in [1.807, 2.05) is 0 Å². The number of aliphatic carboxylic acids is 1. The summed E-state index contributed by atoms with van der Waals surface area (Å²) in [7, 11) is 1.33. The van der Waals surface area contributed by atoms with Gasteiger partial charge in [0.1, 0.15) is 11.6 Å². The number of nitrogens with zero attached hydrogens (tertiary/aromatic N) is 1. The maximum Gasteiger partial charge on any atom is 0.303 e. The molecule has 0 bridgehead atoms. The zero-order chi connectivity index (χ0) is 22.7. The fourth-order valence-corrected chi connectivity index (χ4v) is 3.49. The van der Waals surface area contributed by atoms with Crippen LogP contribution in [0.15, 0.2) is 48.0 Å². The van der Waals surface area contributed by atoms with Gasteiger partial charge in [-0.3, -0.25) is 14.4 Å². The lowest BCUT2D eigenvalue weighted by molar-refractivity contribution is -0.140. The number of ketones is 1. The number of aliphatic hydroxyl groups is 1. The summed E-state index contributed by atoms with van der Waals surface area (Å²) in [5.41, 5.74) is 0.285. The van der Waals surface area contributed by atoms with Crippen molar-refractivity contribution in [2.45, 2.75) is 18.9 Å². The molecule has 1 heterocycles. The summed E-state index contributed by atoms with van der Waals surface area (Å²) in [6.07, 6.45) is -0.128. The van der Waals surface area contributed by atoms with Gasteiger partial charge in [0.05, 0.1) is 18.7 Å². The molecular formula is C22H20FNO7. The first kappa shape index (κ1) is 21.8. The van der Waals surface area contributed by atoms with Crippen molar-refractivity contribution >= 4 is 23.4 Å². The molecule has 8 nitrogen and oxygen atoms in total. The Morgan fingerprint density at radius 3 is 2.42 bits per heavy atom. The highest BCUT2D eigenvalue weighted by atomic mass is 19.1. The van der Waals surface area contributed by atoms with Gasteiger partial charge in [-0.05, 0) is 48.4 Å². The molecule has 0 spiro atoms. The summed E-state index contributed by atoms with van der Waals surface area (Å²) < 4.78 is 18.4. The number of likely N-dealkylation sites (tertiary alicyclic amines) is 1. The van der Waals surface area contributed by atoms with Crippen molar-refractivity contribution < 1.29 is 38.8 Å². The number of halogens is 1. The largest absolute Gasteiger partial charge is 0.507 e. The van der Waals surface area contributed by atoms with Crippen molar-refractivity contribution in [3.63, 3.8) is 0 Å². The SMILES string of the molecule is COc1cc([C@H]2C(=C(O)c3ccc(F)cc3)C(=O)C(=O)N2CCCC(=O)O)ccc1O. The predicted octanol–water partition coefficient (Wildman–Crippen LogP) is 2.83. The summed E-state index contributed by atoms with van der Waals surface area (Å²) in [5, 5.41) is 29.6. The number of hydrogen-bond donors (Lipinski definition) is 3. The number of aromatic hydroxyl groups is 1. The second-order valence-corrected chi connectivity index (χ2v) is 6.93. The van der Waals surface area contributed by atoms with Crippen LogP contribution in [-0.4, -0.2) is 51.5 Å². The number of carboxylic acid groups (broad SMARTS) is 1. The second kappa shape index (κ2) is 8.86. The molecule has 1 fully saturated rings. The van der Waals surface area contributed by atoms with Gasteiger partial charge in [0, 0.05) is 18.5 Å². The van der Waals surface area contributed by atoms with Gasteiger partial charge < -0.3 is 25.0 Å². The predicted molar refractivity (Wildman–Crippen MR) is 107 cm³/mol. The van der Waals surface area contributed by atoms with Crippen LogP contribution in [0.2, 0.25) is 0 Å². The molecule has 1 aliphatic rings. The van der Waals surface area contributed by atoms with Crippen molar-refractivity contribution in [3.8, 4) is 11.5 Å². The molecular weight excluding hydrogens is 409 g/mol. The Hall–Kier alpha value is -3.88. The molecule has 3 rings (SSSR count). The first-order chi connectivity index (χ1) is 14.7. The molecule has 3 N–H and O–H groups in total. The fourth-order valence-electron chi connectivity index (χ4n) is 3.49. The van der Waals surface area contributed by atoms with Crippen LogP contribution in [0.4, 0.5) is 4.39 Å². The monoisotopic (exact) mass is 429 g/mol. The summed E-state index contributed by atoms with van der Waals surface area (Å²) in [6.45, 7) is -0.0507. The van der Waals surface area contributed by atoms with E-state index >= 15 is 0 Å². The van der Waals surface area contributed by atoms with Crippen molar-refractivity contribution in [1.82, 2.24) is 4.90 Å². The molecule has 1 atom stereocenters. The van der Waals surface area contributed by atoms with E-state index in [-0.39, 0.29) is 42.0 Å². The lowest BCUT2D eigenvalue weighted by atomic mass is 9.95. The average Bonchev–Trinajstić information content (AvgIpc) is 2.99. The van der Waals surface area contributed by atoms with Gasteiger partial charge >= 0.3 is 5.97 Å². The lowest BCUT2D eigenvalue weighted by Crippen LogP contribution is -2.31. The van der Waals surface area contributed by atoms with Crippen LogP contribution >= 0.6 is 0 Å². The number of carboxylic acids is 1. The number of ether oxygens (including phenoxy) is 1. The van der Waals surface area contributed by atoms with Gasteiger partial charge in [0.15, 0.2) is 11.5 Å². The minimum absolute atomic E-state index is 0.0507. The zero-order valence-electron chi connectivity index (χ0n) is 16.5. The van der Waals surface area contributed by atoms with Crippen molar-refractivity contribution in [1.29, 1.82) is 0 Å². The third-order valence-corrected chi connectivity index (χ3v) is 4.97. The van der Waals surface area contributed by atoms with E-state index < -0.39 is 35.3 Å². The molecule has 162 valence electrons. The van der Waals surface area contributed by atoms with Gasteiger partial charge in [0.25, 0.3) is 11.7 Å². The van der Waals surface area contributed by atoms with Crippen LogP contribution < -0.4 is 4.74 Å². The van der Waals surface area contributed by atoms with Crippen LogP contribution in [0.5, 0.6) is 11.5 Å². The standard InChI is InChI=1S/C22H20FNO7/c1-31-16-11-13(6-9-15(16)25)19-18(20(28)12-4-7-14(23)8-5-12)21(29)22(30)24(19)10-2-3-17(26)27/h4-9,11,19,25,28H,2-3,10H2,1H3,(H,26,27)/t19-/m0/s1. The third-order valence-electron chi connectivity index (χ3n) is 4.97. The van der Waals surface area contributed by atoms with E-state index in [0.717, 1.165) is 12.1 Å². The number of methoxy groups -OCH3 is 1. The van der Waals surface area contributed by atoms with Crippen LogP contribution in [0.25, 0.3) is 5.76 Å². The molecule has 1 amide bonds. The first-order valence-corrected chi connectivity index (χ1v) is 9.37. The Kier molecular flexibility index (Phi) is 6.24. The minimum Gasteiger partial charge on any atom is -0.507 e. The molecule has 1 aliphatic heterocycles. The molecule has 0 aliphatic carbocycles. The molecule has 0 aromatic heterocycles. The number of benzene rings is 2. The number of carbonyl (C=O) groups is 3. The van der Waals surface area contributed by atoms with Gasteiger partial charge in [-0.2, -0.15) is 0 Å². The normalized spacial score (nSPS) is 17.7. The smallest absolute Gasteiger partial charge is 0.303 e. The summed E-state index contributed by atoms with van der Waals surface area (Å²) in [6, 6.07) is 7.93. The molecule has 1 saturated heterocycles. The number of hydrogen-bond acceptors (Lipinski definition) is 6. The minimum atomic E-state index is -1.05. The van der Waals surface area contributed by atoms with Gasteiger partial charge in [0.2, 0.25) is 0 Å². The highest BCUT2D eigenvalue weighted by molar-refractivity contribution is 6.46. The van der Waals surface area contributed by atoms with Crippen molar-refractivity contribution in [2.24, 2.45) is 0 Å². The molecule has 0 saturated carbocycles. The number of Topliss-reactive ketones (excluding diaryl/α,β-unsaturated/α-hetero) is 1. The number of aliphatic hydroxyl groups excluding tert-OH is 1. The Balaban J connectivity index is 2.14. The van der Waals surface area contributed by atoms with E-state index in [4.69, 9.17) is 9.84 Å². The molecule has 0 unspecified atom stereocenters. The van der Waals surface area contributed by atoms with Crippen molar-refractivity contribution in [3.05, 3.63) is 65.0 Å². The zero-order valence-corrected chi connectivity index (χ0v) is 16.5. The molecule has 2 aromatic rings. The van der Waals surface area contributed by atoms with Crippen molar-refractivity contribution in [2.75, 3.05) is 13.7 Å². The maximum atomic E-state index is 13.3. The third kappa shape index (κ3) is 4.35. The Morgan fingerprint density at radius 2 is 1.81 bits per heavy atom. The van der Waals surface area contributed by atoms with Gasteiger partial charge in [-0.15, -0.1) is 0 Å². The van der Waals surface area contributed by atoms with Crippen LogP contribution in [0, 0.1) is 5.82 Å². The maximum absolute atomic E-state index is 13.3. The van der Waals surface area contributed by atoms with E-state index in [2.05, 4.69) is 0 Å². The highest BCUT2D eigenvalue weighted by Crippen LogP contribution is 2.41. The number of amides is 1. The summed E-state index contributed by atoms with van der Waals surface area (Å²) in [5.74, 6) is -3.99. The topological polar surface area (TPSA) is 124 Å². The van der Waals surface area contributed by atoms with Crippen LogP contribution in [-0.2, 0) is 14.4 Å². The Bertz CT molecular complexity index is 1060. The number of rotatable bonds is 7. The van der Waals surface area contributed by atoms with E-state index in [1.54, 1.807) is 0 Å². The molecule has 0 radical (unpaired) electrons. The lowest BCUT2D eigenvalue weighted by Gasteiger charge is -2.25. The van der Waals surface area contributed by atoms with Crippen LogP contribution in [0.1, 0.15) is 30.0 Å². The van der Waals surface area contributed by atoms with E-state index in [9.17, 15) is 29.0 Å². The van der Waals surface area contributed by atoms with E-state index in [0.29, 0.717) is 5.56 Å². The average molecular weight is 429 g/mol. The van der Waals surface area contributed by atoms with E-state index in [1.165, 1.54) is 42.3 Å². The first-order valence-electron chi connectivity index (χ1n) is 9.37. The number of phenols is 1. The van der Waals surface area contributed by atoms with Gasteiger partial charge in [-0.1, -0.05) is 6.07 Å². The molecule has 9 heteroatoms. The van der Waals surface area contributed by atoms with Gasteiger partial charge in [-0.25, -0.2) is 4.39 Å². The summed E-state index contributed by atoms with van der Waals surface area (Å²) >= 11 is 0. The number of phenolic OH excluding ortho intramolecular Hbond substituents is 1. The quantitative estimate of drug-likeness (QED) is 0.351. The number of carbonyl (C=O) groups excluding carboxylic acids is 2. The Morgan fingerprint density at radius 1 is 1.13 bits per heavy atom. The van der Waals surface area contributed by atoms with Crippen LogP contribution in [0.3, 0.4) is 0 Å². The molecule has 31 heavy (non-hydrogen) atoms. The summed E-state index contributed by atoms with van der Waals surface area (Å²) in [4.78, 5) is 37.6.